The quantitative estimate of drug-likeness (QED) is 0.477. The van der Waals surface area contributed by atoms with Crippen molar-refractivity contribution >= 4 is 16.6 Å². The summed E-state index contributed by atoms with van der Waals surface area (Å²) in [5, 5.41) is 14.9. The predicted octanol–water partition coefficient (Wildman–Crippen LogP) is 2.52. The first-order valence-electron chi connectivity index (χ1n) is 6.59. The van der Waals surface area contributed by atoms with E-state index in [4.69, 9.17) is 4.74 Å². The standard InChI is InChI=1S/C14H17N3O3/c1-2-7-15-9-10-20-13-6-8-16-14-11(13)4-3-5-12(14)17(18)19/h3-6,8,15H,2,7,9-10H2,1H3. The summed E-state index contributed by atoms with van der Waals surface area (Å²) in [4.78, 5) is 14.6. The van der Waals surface area contributed by atoms with Crippen molar-refractivity contribution in [2.45, 2.75) is 13.3 Å². The zero-order chi connectivity index (χ0) is 14.4. The molecular weight excluding hydrogens is 258 g/mol. The fourth-order valence-electron chi connectivity index (χ4n) is 1.94. The van der Waals surface area contributed by atoms with Gasteiger partial charge in [-0.1, -0.05) is 13.0 Å². The van der Waals surface area contributed by atoms with Crippen molar-refractivity contribution in [2.24, 2.45) is 0 Å². The maximum absolute atomic E-state index is 11.0. The maximum atomic E-state index is 11.0. The van der Waals surface area contributed by atoms with Gasteiger partial charge in [-0.3, -0.25) is 10.1 Å². The summed E-state index contributed by atoms with van der Waals surface area (Å²) in [6.45, 7) is 4.31. The predicted molar refractivity (Wildman–Crippen MR) is 77.1 cm³/mol. The number of nitro groups is 1. The Labute approximate surface area is 116 Å². The van der Waals surface area contributed by atoms with Gasteiger partial charge in [0.1, 0.15) is 12.4 Å². The van der Waals surface area contributed by atoms with Crippen LogP contribution >= 0.6 is 0 Å². The highest BCUT2D eigenvalue weighted by atomic mass is 16.6. The molecule has 2 rings (SSSR count). The summed E-state index contributed by atoms with van der Waals surface area (Å²) in [6, 6.07) is 6.60. The zero-order valence-electron chi connectivity index (χ0n) is 11.3. The van der Waals surface area contributed by atoms with Crippen molar-refractivity contribution in [1.29, 1.82) is 0 Å². The highest BCUT2D eigenvalue weighted by Crippen LogP contribution is 2.29. The van der Waals surface area contributed by atoms with Gasteiger partial charge in [0.05, 0.1) is 4.92 Å². The van der Waals surface area contributed by atoms with Crippen molar-refractivity contribution in [3.8, 4) is 5.75 Å². The third-order valence-electron chi connectivity index (χ3n) is 2.87. The molecule has 6 nitrogen and oxygen atoms in total. The topological polar surface area (TPSA) is 77.3 Å². The number of fused-ring (bicyclic) bond motifs is 1. The number of rotatable bonds is 7. The average Bonchev–Trinajstić information content (AvgIpc) is 2.46. The third-order valence-corrected chi connectivity index (χ3v) is 2.87. The Morgan fingerprint density at radius 3 is 2.95 bits per heavy atom. The fraction of sp³-hybridized carbons (Fsp3) is 0.357. The lowest BCUT2D eigenvalue weighted by atomic mass is 10.2. The van der Waals surface area contributed by atoms with Crippen molar-refractivity contribution < 1.29 is 9.66 Å². The molecule has 0 radical (unpaired) electrons. The van der Waals surface area contributed by atoms with Gasteiger partial charge in [0, 0.05) is 24.2 Å². The molecule has 0 amide bonds. The van der Waals surface area contributed by atoms with Crippen LogP contribution in [0.15, 0.2) is 30.5 Å². The van der Waals surface area contributed by atoms with Gasteiger partial charge >= 0.3 is 0 Å². The van der Waals surface area contributed by atoms with E-state index in [1.54, 1.807) is 18.2 Å². The van der Waals surface area contributed by atoms with E-state index in [9.17, 15) is 10.1 Å². The SMILES string of the molecule is CCCNCCOc1ccnc2c([N+](=O)[O-])cccc12. The van der Waals surface area contributed by atoms with E-state index in [0.717, 1.165) is 19.5 Å². The average molecular weight is 275 g/mol. The Kier molecular flexibility index (Phi) is 4.84. The summed E-state index contributed by atoms with van der Waals surface area (Å²) < 4.78 is 5.68. The first-order chi connectivity index (χ1) is 9.74. The van der Waals surface area contributed by atoms with Crippen LogP contribution in [0.3, 0.4) is 0 Å². The number of para-hydroxylation sites is 1. The van der Waals surface area contributed by atoms with Crippen molar-refractivity contribution in [3.63, 3.8) is 0 Å². The summed E-state index contributed by atoms with van der Waals surface area (Å²) in [5.41, 5.74) is 0.355. The van der Waals surface area contributed by atoms with E-state index in [2.05, 4.69) is 17.2 Å². The Bertz CT molecular complexity index is 601. The summed E-state index contributed by atoms with van der Waals surface area (Å²) in [5.74, 6) is 0.622. The van der Waals surface area contributed by atoms with Gasteiger partial charge in [-0.2, -0.15) is 0 Å². The van der Waals surface area contributed by atoms with Gasteiger partial charge in [-0.15, -0.1) is 0 Å². The molecule has 1 N–H and O–H groups in total. The van der Waals surface area contributed by atoms with Crippen LogP contribution in [-0.4, -0.2) is 29.6 Å². The van der Waals surface area contributed by atoms with Gasteiger partial charge in [0.25, 0.3) is 5.69 Å². The van der Waals surface area contributed by atoms with Gasteiger partial charge in [0.2, 0.25) is 0 Å². The highest BCUT2D eigenvalue weighted by molar-refractivity contribution is 5.91. The second-order valence-corrected chi connectivity index (χ2v) is 4.34. The molecule has 1 aromatic heterocycles. The second kappa shape index (κ2) is 6.81. The second-order valence-electron chi connectivity index (χ2n) is 4.34. The molecule has 0 aliphatic heterocycles. The number of benzene rings is 1. The molecule has 0 atom stereocenters. The zero-order valence-corrected chi connectivity index (χ0v) is 11.3. The molecule has 0 fully saturated rings. The largest absolute Gasteiger partial charge is 0.491 e. The summed E-state index contributed by atoms with van der Waals surface area (Å²) >= 11 is 0. The molecule has 0 saturated carbocycles. The minimum Gasteiger partial charge on any atom is -0.491 e. The first kappa shape index (κ1) is 14.2. The van der Waals surface area contributed by atoms with Gasteiger partial charge in [0.15, 0.2) is 5.52 Å². The molecule has 0 spiro atoms. The van der Waals surface area contributed by atoms with E-state index in [-0.39, 0.29) is 5.69 Å². The lowest BCUT2D eigenvalue weighted by molar-refractivity contribution is -0.383. The van der Waals surface area contributed by atoms with Crippen LogP contribution in [0.1, 0.15) is 13.3 Å². The fourth-order valence-corrected chi connectivity index (χ4v) is 1.94. The lowest BCUT2D eigenvalue weighted by Crippen LogP contribution is -2.21. The minimum atomic E-state index is -0.429. The van der Waals surface area contributed by atoms with Crippen molar-refractivity contribution in [1.82, 2.24) is 10.3 Å². The Morgan fingerprint density at radius 1 is 1.35 bits per heavy atom. The molecule has 1 aromatic carbocycles. The number of hydrogen-bond donors (Lipinski definition) is 1. The Balaban J connectivity index is 2.18. The van der Waals surface area contributed by atoms with E-state index >= 15 is 0 Å². The molecule has 0 bridgehead atoms. The minimum absolute atomic E-state index is 0.00272. The van der Waals surface area contributed by atoms with Crippen molar-refractivity contribution in [2.75, 3.05) is 19.7 Å². The number of aromatic nitrogens is 1. The van der Waals surface area contributed by atoms with E-state index in [1.807, 2.05) is 0 Å². The number of nitrogens with one attached hydrogen (secondary N) is 1. The van der Waals surface area contributed by atoms with Crippen molar-refractivity contribution in [3.05, 3.63) is 40.6 Å². The van der Waals surface area contributed by atoms with Gasteiger partial charge in [-0.05, 0) is 25.1 Å². The number of ether oxygens (including phenoxy) is 1. The molecular formula is C14H17N3O3. The van der Waals surface area contributed by atoms with E-state index in [1.165, 1.54) is 12.3 Å². The van der Waals surface area contributed by atoms with E-state index in [0.29, 0.717) is 23.3 Å². The Morgan fingerprint density at radius 2 is 2.20 bits per heavy atom. The Hall–Kier alpha value is -2.21. The van der Waals surface area contributed by atoms with E-state index < -0.39 is 4.92 Å². The van der Waals surface area contributed by atoms with Gasteiger partial charge < -0.3 is 10.1 Å². The highest BCUT2D eigenvalue weighted by Gasteiger charge is 2.14. The van der Waals surface area contributed by atoms with Crippen LogP contribution in [0, 0.1) is 10.1 Å². The van der Waals surface area contributed by atoms with Crippen LogP contribution in [0.4, 0.5) is 5.69 Å². The summed E-state index contributed by atoms with van der Waals surface area (Å²) in [6.07, 6.45) is 2.61. The molecule has 0 aliphatic carbocycles. The number of nitro benzene ring substituents is 1. The van der Waals surface area contributed by atoms with Crippen LogP contribution in [-0.2, 0) is 0 Å². The van der Waals surface area contributed by atoms with Crippen LogP contribution < -0.4 is 10.1 Å². The molecule has 20 heavy (non-hydrogen) atoms. The molecule has 6 heteroatoms. The molecule has 1 heterocycles. The molecule has 2 aromatic rings. The van der Waals surface area contributed by atoms with Crippen LogP contribution in [0.2, 0.25) is 0 Å². The molecule has 0 aliphatic rings. The number of pyridine rings is 1. The molecule has 0 saturated heterocycles. The third kappa shape index (κ3) is 3.21. The number of hydrogen-bond acceptors (Lipinski definition) is 5. The van der Waals surface area contributed by atoms with Crippen LogP contribution in [0.25, 0.3) is 10.9 Å². The number of nitrogens with zero attached hydrogens (tertiary/aromatic N) is 2. The summed E-state index contributed by atoms with van der Waals surface area (Å²) in [7, 11) is 0. The maximum Gasteiger partial charge on any atom is 0.295 e. The molecule has 106 valence electrons. The monoisotopic (exact) mass is 275 g/mol. The number of non-ortho nitro benzene ring substituents is 1. The molecule has 0 unspecified atom stereocenters. The smallest absolute Gasteiger partial charge is 0.295 e. The normalized spacial score (nSPS) is 10.7. The first-order valence-corrected chi connectivity index (χ1v) is 6.59. The van der Waals surface area contributed by atoms with Gasteiger partial charge in [-0.25, -0.2) is 4.98 Å². The van der Waals surface area contributed by atoms with Crippen LogP contribution in [0.5, 0.6) is 5.75 Å². The lowest BCUT2D eigenvalue weighted by Gasteiger charge is -2.09.